The van der Waals surface area contributed by atoms with E-state index in [1.807, 2.05) is 78.9 Å². The van der Waals surface area contributed by atoms with Gasteiger partial charge in [-0.3, -0.25) is 14.5 Å². The van der Waals surface area contributed by atoms with Gasteiger partial charge in [0.25, 0.3) is 0 Å². The summed E-state index contributed by atoms with van der Waals surface area (Å²) in [5.41, 5.74) is 4.52. The van der Waals surface area contributed by atoms with Crippen molar-refractivity contribution in [3.8, 4) is 11.5 Å². The summed E-state index contributed by atoms with van der Waals surface area (Å²) in [6.45, 7) is 3.15. The maximum atomic E-state index is 14.4. The molecule has 1 unspecified atom stereocenters. The van der Waals surface area contributed by atoms with Crippen LogP contribution in [0.4, 0.5) is 11.4 Å². The fourth-order valence-corrected chi connectivity index (χ4v) is 5.70. The van der Waals surface area contributed by atoms with E-state index in [0.29, 0.717) is 48.0 Å². The van der Waals surface area contributed by atoms with Gasteiger partial charge < -0.3 is 24.4 Å². The van der Waals surface area contributed by atoms with Gasteiger partial charge in [-0.15, -0.1) is 5.10 Å². The summed E-state index contributed by atoms with van der Waals surface area (Å²) in [4.78, 5) is 32.4. The molecule has 2 aliphatic rings. The van der Waals surface area contributed by atoms with Crippen LogP contribution in [-0.2, 0) is 27.4 Å². The van der Waals surface area contributed by atoms with Gasteiger partial charge in [0.15, 0.2) is 11.5 Å². The van der Waals surface area contributed by atoms with E-state index in [1.165, 1.54) is 4.90 Å². The van der Waals surface area contributed by atoms with Crippen molar-refractivity contribution in [1.82, 2.24) is 20.3 Å². The van der Waals surface area contributed by atoms with Crippen LogP contribution in [0.3, 0.4) is 0 Å². The fraction of sp³-hybridized carbons (Fsp3) is 0.235. The number of carbonyl (C=O) groups is 2. The minimum Gasteiger partial charge on any atom is -0.454 e. The van der Waals surface area contributed by atoms with E-state index in [-0.39, 0.29) is 25.2 Å². The van der Waals surface area contributed by atoms with Crippen LogP contribution in [0.25, 0.3) is 11.0 Å². The van der Waals surface area contributed by atoms with E-state index in [2.05, 4.69) is 20.5 Å². The summed E-state index contributed by atoms with van der Waals surface area (Å²) >= 11 is 0. The number of para-hydroxylation sites is 1. The highest BCUT2D eigenvalue weighted by atomic mass is 16.7. The Morgan fingerprint density at radius 2 is 1.62 bits per heavy atom. The van der Waals surface area contributed by atoms with Gasteiger partial charge in [0.05, 0.1) is 18.7 Å². The number of benzene rings is 4. The third-order valence-corrected chi connectivity index (χ3v) is 8.01. The molecule has 0 saturated carbocycles. The lowest BCUT2D eigenvalue weighted by molar-refractivity contribution is -0.127. The van der Waals surface area contributed by atoms with Gasteiger partial charge in [-0.2, -0.15) is 0 Å². The van der Waals surface area contributed by atoms with E-state index in [0.717, 1.165) is 29.9 Å². The molecule has 1 atom stereocenters. The van der Waals surface area contributed by atoms with Gasteiger partial charge in [0.2, 0.25) is 18.6 Å². The highest BCUT2D eigenvalue weighted by Crippen LogP contribution is 2.38. The number of nitrogens with zero attached hydrogens (tertiary/aromatic N) is 5. The second-order valence-corrected chi connectivity index (χ2v) is 10.8. The van der Waals surface area contributed by atoms with Crippen molar-refractivity contribution < 1.29 is 23.8 Å². The monoisotopic (exact) mass is 604 g/mol. The third-order valence-electron chi connectivity index (χ3n) is 8.01. The zero-order chi connectivity index (χ0) is 30.6. The average molecular weight is 605 g/mol. The predicted octanol–water partition coefficient (Wildman–Crippen LogP) is 4.09. The molecule has 0 aliphatic carbocycles. The molecule has 1 fully saturated rings. The van der Waals surface area contributed by atoms with Gasteiger partial charge in [-0.25, -0.2) is 4.68 Å². The van der Waals surface area contributed by atoms with Crippen LogP contribution in [0.5, 0.6) is 11.5 Å². The molecule has 5 aromatic rings. The summed E-state index contributed by atoms with van der Waals surface area (Å²) in [5.74, 6) is 0.407. The molecule has 2 aliphatic heterocycles. The maximum Gasteiger partial charge on any atom is 0.249 e. The van der Waals surface area contributed by atoms with Gasteiger partial charge in [-0.1, -0.05) is 59.8 Å². The van der Waals surface area contributed by atoms with Crippen molar-refractivity contribution in [2.24, 2.45) is 0 Å². The lowest BCUT2D eigenvalue weighted by atomic mass is 10.0. The number of aromatic nitrogens is 3. The van der Waals surface area contributed by atoms with Crippen molar-refractivity contribution in [1.29, 1.82) is 0 Å². The van der Waals surface area contributed by atoms with Crippen LogP contribution < -0.4 is 24.6 Å². The topological polar surface area (TPSA) is 111 Å². The van der Waals surface area contributed by atoms with E-state index in [9.17, 15) is 9.59 Å². The molecular formula is C34H32N6O5. The second kappa shape index (κ2) is 12.7. The van der Waals surface area contributed by atoms with Crippen LogP contribution in [-0.4, -0.2) is 59.9 Å². The normalized spacial score (nSPS) is 14.7. The molecule has 7 rings (SSSR count). The Balaban J connectivity index is 1.28. The minimum absolute atomic E-state index is 0.0850. The zero-order valence-electron chi connectivity index (χ0n) is 24.5. The molecule has 0 spiro atoms. The van der Waals surface area contributed by atoms with E-state index < -0.39 is 6.04 Å². The SMILES string of the molecule is O=C(NCc1ccccc1)C(c1ccc(N2CCOCC2)cc1)N(C(=O)Cn1nnc2ccccc21)c1ccc2c(c1)OCO2. The van der Waals surface area contributed by atoms with Gasteiger partial charge in [0.1, 0.15) is 18.1 Å². The minimum atomic E-state index is -1.00. The molecule has 45 heavy (non-hydrogen) atoms. The smallest absolute Gasteiger partial charge is 0.249 e. The molecular weight excluding hydrogens is 572 g/mol. The molecule has 1 saturated heterocycles. The lowest BCUT2D eigenvalue weighted by Gasteiger charge is -2.32. The van der Waals surface area contributed by atoms with Crippen LogP contribution in [0.15, 0.2) is 97.1 Å². The van der Waals surface area contributed by atoms with Gasteiger partial charge in [-0.05, 0) is 47.5 Å². The standard InChI is InChI=1S/C34H32N6O5/c41-32(22-39-29-9-5-4-8-28(29)36-37-39)40(27-14-15-30-31(20-27)45-23-44-30)33(34(42)35-21-24-6-2-1-3-7-24)25-10-12-26(13-11-25)38-16-18-43-19-17-38/h1-15,20,33H,16-19,21-23H2,(H,35,42). The molecule has 1 N–H and O–H groups in total. The highest BCUT2D eigenvalue weighted by Gasteiger charge is 2.34. The average Bonchev–Trinajstić information content (AvgIpc) is 3.74. The van der Waals surface area contributed by atoms with E-state index >= 15 is 0 Å². The second-order valence-electron chi connectivity index (χ2n) is 10.8. The third kappa shape index (κ3) is 6.02. The molecule has 11 nitrogen and oxygen atoms in total. The number of nitrogens with one attached hydrogen (secondary N) is 1. The molecule has 2 amide bonds. The Bertz CT molecular complexity index is 1800. The van der Waals surface area contributed by atoms with Crippen LogP contribution in [0.1, 0.15) is 17.2 Å². The first-order chi connectivity index (χ1) is 22.1. The molecule has 4 aromatic carbocycles. The first-order valence-corrected chi connectivity index (χ1v) is 14.9. The first kappa shape index (κ1) is 28.4. The lowest BCUT2D eigenvalue weighted by Crippen LogP contribution is -2.45. The number of fused-ring (bicyclic) bond motifs is 2. The van der Waals surface area contributed by atoms with Crippen molar-refractivity contribution in [3.05, 3.63) is 108 Å². The predicted molar refractivity (Wildman–Crippen MR) is 168 cm³/mol. The summed E-state index contributed by atoms with van der Waals surface area (Å²) < 4.78 is 18.3. The van der Waals surface area contributed by atoms with E-state index in [1.54, 1.807) is 22.9 Å². The largest absolute Gasteiger partial charge is 0.454 e. The highest BCUT2D eigenvalue weighted by molar-refractivity contribution is 6.02. The van der Waals surface area contributed by atoms with Gasteiger partial charge >= 0.3 is 0 Å². The number of amides is 2. The van der Waals surface area contributed by atoms with Crippen molar-refractivity contribution in [3.63, 3.8) is 0 Å². The molecule has 0 bridgehead atoms. The number of ether oxygens (including phenoxy) is 3. The summed E-state index contributed by atoms with van der Waals surface area (Å²) in [6, 6.07) is 29.2. The van der Waals surface area contributed by atoms with Crippen molar-refractivity contribution >= 4 is 34.2 Å². The Morgan fingerprint density at radius 1 is 0.867 bits per heavy atom. The molecule has 0 radical (unpaired) electrons. The molecule has 228 valence electrons. The van der Waals surface area contributed by atoms with Crippen LogP contribution >= 0.6 is 0 Å². The molecule has 1 aromatic heterocycles. The quantitative estimate of drug-likeness (QED) is 0.268. The number of anilines is 2. The van der Waals surface area contributed by atoms with Crippen LogP contribution in [0, 0.1) is 0 Å². The van der Waals surface area contributed by atoms with Gasteiger partial charge in [0, 0.05) is 37.1 Å². The summed E-state index contributed by atoms with van der Waals surface area (Å²) in [6.07, 6.45) is 0. The Kier molecular flexibility index (Phi) is 7.98. The first-order valence-electron chi connectivity index (χ1n) is 14.9. The summed E-state index contributed by atoms with van der Waals surface area (Å²) in [5, 5.41) is 11.5. The Hall–Kier alpha value is -5.42. The maximum absolute atomic E-state index is 14.4. The van der Waals surface area contributed by atoms with E-state index in [4.69, 9.17) is 14.2 Å². The van der Waals surface area contributed by atoms with Crippen molar-refractivity contribution in [2.45, 2.75) is 19.1 Å². The number of morpholine rings is 1. The fourth-order valence-electron chi connectivity index (χ4n) is 5.70. The zero-order valence-corrected chi connectivity index (χ0v) is 24.5. The summed E-state index contributed by atoms with van der Waals surface area (Å²) in [7, 11) is 0. The number of hydrogen-bond acceptors (Lipinski definition) is 8. The molecule has 3 heterocycles. The Morgan fingerprint density at radius 3 is 2.44 bits per heavy atom. The van der Waals surface area contributed by atoms with Crippen molar-refractivity contribution in [2.75, 3.05) is 42.9 Å². The number of carbonyl (C=O) groups excluding carboxylic acids is 2. The molecule has 11 heteroatoms. The van der Waals surface area contributed by atoms with Crippen LogP contribution in [0.2, 0.25) is 0 Å². The Labute approximate surface area is 259 Å². The number of hydrogen-bond donors (Lipinski definition) is 1. The number of rotatable bonds is 9.